The van der Waals surface area contributed by atoms with E-state index in [0.29, 0.717) is 0 Å². The summed E-state index contributed by atoms with van der Waals surface area (Å²) in [5.41, 5.74) is 12.4. The zero-order valence-electron chi connectivity index (χ0n) is 25.6. The highest BCUT2D eigenvalue weighted by Crippen LogP contribution is 2.45. The van der Waals surface area contributed by atoms with E-state index in [1.165, 1.54) is 88.0 Å². The van der Waals surface area contributed by atoms with Gasteiger partial charge in [0, 0.05) is 16.5 Å². The number of fused-ring (bicyclic) bond motifs is 5. The molecule has 0 atom stereocenters. The normalized spacial score (nSPS) is 11.6. The molecule has 0 saturated heterocycles. The van der Waals surface area contributed by atoms with Crippen molar-refractivity contribution < 1.29 is 0 Å². The number of benzene rings is 8. The number of hydrogen-bond acceptors (Lipinski definition) is 0. The standard InChI is InChI=1S/C45H31N/c1-30-20-24-35(25-21-30)46-42-19-11-10-16-36(42)40-28-34(23-27-43(40)46)33-22-26-39-41(29-33)45(32-14-6-3-7-15-32)38-18-9-8-17-37(38)44(39)31-12-4-2-5-13-31/h2-29H,1H3. The molecule has 9 aromatic rings. The number of aromatic nitrogens is 1. The van der Waals surface area contributed by atoms with Gasteiger partial charge in [-0.05, 0) is 98.2 Å². The SMILES string of the molecule is Cc1ccc(-n2c3ccccc3c3cc(-c4ccc5c(-c6ccccc6)c6ccccc6c(-c6ccccc6)c5c4)ccc32)cc1. The van der Waals surface area contributed by atoms with Crippen LogP contribution in [0.3, 0.4) is 0 Å². The van der Waals surface area contributed by atoms with Gasteiger partial charge in [-0.1, -0.05) is 139 Å². The summed E-state index contributed by atoms with van der Waals surface area (Å²) in [6.07, 6.45) is 0. The number of hydrogen-bond donors (Lipinski definition) is 0. The maximum Gasteiger partial charge on any atom is 0.0541 e. The summed E-state index contributed by atoms with van der Waals surface area (Å²) in [4.78, 5) is 0. The molecular weight excluding hydrogens is 555 g/mol. The molecule has 0 aliphatic heterocycles. The van der Waals surface area contributed by atoms with Gasteiger partial charge in [-0.15, -0.1) is 0 Å². The van der Waals surface area contributed by atoms with Crippen LogP contribution in [0.2, 0.25) is 0 Å². The molecule has 0 amide bonds. The maximum atomic E-state index is 2.41. The molecule has 1 aromatic heterocycles. The first-order valence-electron chi connectivity index (χ1n) is 15.9. The van der Waals surface area contributed by atoms with Gasteiger partial charge in [-0.25, -0.2) is 0 Å². The third-order valence-electron chi connectivity index (χ3n) is 9.45. The predicted octanol–water partition coefficient (Wildman–Crippen LogP) is 12.4. The van der Waals surface area contributed by atoms with Gasteiger partial charge >= 0.3 is 0 Å². The van der Waals surface area contributed by atoms with E-state index < -0.39 is 0 Å². The van der Waals surface area contributed by atoms with Gasteiger partial charge < -0.3 is 4.57 Å². The monoisotopic (exact) mass is 585 g/mol. The van der Waals surface area contributed by atoms with Crippen LogP contribution >= 0.6 is 0 Å². The van der Waals surface area contributed by atoms with Crippen LogP contribution in [0.4, 0.5) is 0 Å². The molecule has 1 nitrogen and oxygen atoms in total. The number of nitrogens with zero attached hydrogens (tertiary/aromatic N) is 1. The van der Waals surface area contributed by atoms with E-state index in [-0.39, 0.29) is 0 Å². The van der Waals surface area contributed by atoms with Crippen LogP contribution in [0.15, 0.2) is 170 Å². The lowest BCUT2D eigenvalue weighted by Gasteiger charge is -2.18. The Morgan fingerprint density at radius 1 is 0.326 bits per heavy atom. The first-order chi connectivity index (χ1) is 22.7. The van der Waals surface area contributed by atoms with E-state index >= 15 is 0 Å². The van der Waals surface area contributed by atoms with Gasteiger partial charge in [0.05, 0.1) is 11.0 Å². The highest BCUT2D eigenvalue weighted by Gasteiger charge is 2.18. The van der Waals surface area contributed by atoms with Crippen LogP contribution < -0.4 is 0 Å². The quantitative estimate of drug-likeness (QED) is 0.181. The van der Waals surface area contributed by atoms with E-state index in [9.17, 15) is 0 Å². The summed E-state index contributed by atoms with van der Waals surface area (Å²) < 4.78 is 2.39. The van der Waals surface area contributed by atoms with E-state index in [4.69, 9.17) is 0 Å². The molecule has 0 spiro atoms. The van der Waals surface area contributed by atoms with Crippen LogP contribution in [0.1, 0.15) is 5.56 Å². The lowest BCUT2D eigenvalue weighted by molar-refractivity contribution is 1.17. The van der Waals surface area contributed by atoms with Crippen molar-refractivity contribution in [1.29, 1.82) is 0 Å². The van der Waals surface area contributed by atoms with Crippen molar-refractivity contribution in [2.75, 3.05) is 0 Å². The summed E-state index contributed by atoms with van der Waals surface area (Å²) in [5.74, 6) is 0. The Morgan fingerprint density at radius 2 is 0.804 bits per heavy atom. The molecule has 9 rings (SSSR count). The van der Waals surface area contributed by atoms with Crippen molar-refractivity contribution in [3.63, 3.8) is 0 Å². The van der Waals surface area contributed by atoms with Gasteiger partial charge in [0.25, 0.3) is 0 Å². The molecule has 0 aliphatic rings. The highest BCUT2D eigenvalue weighted by atomic mass is 15.0. The second-order valence-electron chi connectivity index (χ2n) is 12.2. The maximum absolute atomic E-state index is 2.41. The summed E-state index contributed by atoms with van der Waals surface area (Å²) in [6, 6.07) is 62.2. The topological polar surface area (TPSA) is 4.93 Å². The smallest absolute Gasteiger partial charge is 0.0541 e. The molecule has 1 heteroatoms. The second kappa shape index (κ2) is 10.6. The molecule has 0 bridgehead atoms. The summed E-state index contributed by atoms with van der Waals surface area (Å²) >= 11 is 0. The predicted molar refractivity (Wildman–Crippen MR) is 197 cm³/mol. The zero-order valence-corrected chi connectivity index (χ0v) is 25.6. The Kier molecular flexibility index (Phi) is 6.11. The molecule has 8 aromatic carbocycles. The van der Waals surface area contributed by atoms with Crippen LogP contribution in [-0.2, 0) is 0 Å². The van der Waals surface area contributed by atoms with Gasteiger partial charge in [-0.2, -0.15) is 0 Å². The third kappa shape index (κ3) is 4.17. The molecule has 0 unspecified atom stereocenters. The van der Waals surface area contributed by atoms with Crippen molar-refractivity contribution in [1.82, 2.24) is 4.57 Å². The fourth-order valence-corrected chi connectivity index (χ4v) is 7.31. The molecule has 0 N–H and O–H groups in total. The van der Waals surface area contributed by atoms with Crippen LogP contribution in [-0.4, -0.2) is 4.57 Å². The zero-order chi connectivity index (χ0) is 30.6. The highest BCUT2D eigenvalue weighted by molar-refractivity contribution is 6.22. The fraction of sp³-hybridized carbons (Fsp3) is 0.0222. The average Bonchev–Trinajstić information content (AvgIpc) is 3.45. The second-order valence-corrected chi connectivity index (χ2v) is 12.2. The molecule has 46 heavy (non-hydrogen) atoms. The fourth-order valence-electron chi connectivity index (χ4n) is 7.31. The number of rotatable bonds is 4. The Bertz CT molecular complexity index is 2550. The average molecular weight is 586 g/mol. The Hall–Kier alpha value is -5.92. The summed E-state index contributed by atoms with van der Waals surface area (Å²) in [6.45, 7) is 2.14. The van der Waals surface area contributed by atoms with E-state index in [1.54, 1.807) is 0 Å². The van der Waals surface area contributed by atoms with Crippen molar-refractivity contribution in [3.05, 3.63) is 175 Å². The van der Waals surface area contributed by atoms with Crippen LogP contribution in [0.5, 0.6) is 0 Å². The molecule has 1 heterocycles. The van der Waals surface area contributed by atoms with Gasteiger partial charge in [0.1, 0.15) is 0 Å². The van der Waals surface area contributed by atoms with Gasteiger partial charge in [-0.3, -0.25) is 0 Å². The molecule has 216 valence electrons. The third-order valence-corrected chi connectivity index (χ3v) is 9.45. The van der Waals surface area contributed by atoms with Gasteiger partial charge in [0.2, 0.25) is 0 Å². The van der Waals surface area contributed by atoms with Crippen LogP contribution in [0.25, 0.3) is 82.4 Å². The molecule has 0 fully saturated rings. The van der Waals surface area contributed by atoms with Crippen molar-refractivity contribution >= 4 is 43.4 Å². The Labute approximate surface area is 268 Å². The minimum absolute atomic E-state index is 1.18. The van der Waals surface area contributed by atoms with E-state index in [0.717, 1.165) is 0 Å². The van der Waals surface area contributed by atoms with Crippen molar-refractivity contribution in [2.45, 2.75) is 6.92 Å². The Balaban J connectivity index is 1.33. The minimum atomic E-state index is 1.18. The van der Waals surface area contributed by atoms with E-state index in [2.05, 4.69) is 181 Å². The first-order valence-corrected chi connectivity index (χ1v) is 15.9. The molecular formula is C45H31N. The van der Waals surface area contributed by atoms with Crippen LogP contribution in [0, 0.1) is 6.92 Å². The molecule has 0 radical (unpaired) electrons. The summed E-state index contributed by atoms with van der Waals surface area (Å²) in [7, 11) is 0. The summed E-state index contributed by atoms with van der Waals surface area (Å²) in [5, 5.41) is 7.61. The van der Waals surface area contributed by atoms with Gasteiger partial charge in [0.15, 0.2) is 0 Å². The number of aryl methyl sites for hydroxylation is 1. The van der Waals surface area contributed by atoms with Crippen molar-refractivity contribution in [3.8, 4) is 39.1 Å². The van der Waals surface area contributed by atoms with E-state index in [1.807, 2.05) is 0 Å². The number of para-hydroxylation sites is 1. The van der Waals surface area contributed by atoms with Crippen molar-refractivity contribution in [2.24, 2.45) is 0 Å². The molecule has 0 saturated carbocycles. The lowest BCUT2D eigenvalue weighted by Crippen LogP contribution is -1.93. The largest absolute Gasteiger partial charge is 0.309 e. The Morgan fingerprint density at radius 3 is 1.46 bits per heavy atom. The lowest BCUT2D eigenvalue weighted by atomic mass is 9.85. The molecule has 0 aliphatic carbocycles. The minimum Gasteiger partial charge on any atom is -0.309 e. The first kappa shape index (κ1) is 26.5.